The molecule has 1 aromatic heterocycles. The average Bonchev–Trinajstić information content (AvgIpc) is 3.01. The summed E-state index contributed by atoms with van der Waals surface area (Å²) in [7, 11) is 0. The first kappa shape index (κ1) is 23.5. The van der Waals surface area contributed by atoms with Crippen LogP contribution < -0.4 is 5.32 Å². The second-order valence-corrected chi connectivity index (χ2v) is 7.04. The fourth-order valence-electron chi connectivity index (χ4n) is 1.85. The predicted octanol–water partition coefficient (Wildman–Crippen LogP) is 6.52. The van der Waals surface area contributed by atoms with Crippen LogP contribution in [0.3, 0.4) is 0 Å². The van der Waals surface area contributed by atoms with Gasteiger partial charge in [0.1, 0.15) is 0 Å². The monoisotopic (exact) mass is 490 g/mol. The molecular formula is C14H5Cl2F9N2OS. The maximum Gasteiger partial charge on any atom is 0.460 e. The van der Waals surface area contributed by atoms with Crippen molar-refractivity contribution in [3.63, 3.8) is 0 Å². The molecule has 0 unspecified atom stereocenters. The summed E-state index contributed by atoms with van der Waals surface area (Å²) in [5, 5.41) is 1.73. The van der Waals surface area contributed by atoms with E-state index in [9.17, 15) is 44.3 Å². The zero-order chi connectivity index (χ0) is 22.4. The number of halogens is 11. The van der Waals surface area contributed by atoms with Crippen molar-refractivity contribution in [1.82, 2.24) is 4.98 Å². The van der Waals surface area contributed by atoms with Gasteiger partial charge in [-0.2, -0.15) is 39.5 Å². The largest absolute Gasteiger partial charge is 0.460 e. The van der Waals surface area contributed by atoms with Gasteiger partial charge in [0.05, 0.1) is 10.7 Å². The van der Waals surface area contributed by atoms with E-state index in [2.05, 4.69) is 4.98 Å². The Labute approximate surface area is 169 Å². The molecule has 0 fully saturated rings. The van der Waals surface area contributed by atoms with E-state index in [1.54, 1.807) is 0 Å². The lowest BCUT2D eigenvalue weighted by Gasteiger charge is -2.32. The highest BCUT2D eigenvalue weighted by molar-refractivity contribution is 7.14. The van der Waals surface area contributed by atoms with Crippen LogP contribution in [-0.4, -0.2) is 34.8 Å². The fraction of sp³-hybridized carbons (Fsp3) is 0.286. The lowest BCUT2D eigenvalue weighted by molar-refractivity contribution is -0.388. The van der Waals surface area contributed by atoms with Crippen LogP contribution in [0, 0.1) is 0 Å². The topological polar surface area (TPSA) is 42.0 Å². The first-order valence-electron chi connectivity index (χ1n) is 6.95. The van der Waals surface area contributed by atoms with E-state index in [0.29, 0.717) is 11.3 Å². The zero-order valence-electron chi connectivity index (χ0n) is 13.2. The minimum atomic E-state index is -7.17. The van der Waals surface area contributed by atoms with Crippen molar-refractivity contribution >= 4 is 45.6 Å². The van der Waals surface area contributed by atoms with Crippen molar-refractivity contribution in [3.8, 4) is 11.3 Å². The first-order chi connectivity index (χ1) is 13.0. The summed E-state index contributed by atoms with van der Waals surface area (Å²) >= 11 is 12.0. The molecule has 15 heteroatoms. The Balaban J connectivity index is 2.29. The number of thiazole rings is 1. The number of nitrogens with zero attached hydrogens (tertiary/aromatic N) is 1. The van der Waals surface area contributed by atoms with Gasteiger partial charge in [-0.1, -0.05) is 23.2 Å². The van der Waals surface area contributed by atoms with Crippen LogP contribution in [0.25, 0.3) is 11.3 Å². The summed E-state index contributed by atoms with van der Waals surface area (Å²) in [4.78, 5) is 15.0. The highest BCUT2D eigenvalue weighted by Crippen LogP contribution is 2.53. The molecule has 0 aliphatic rings. The van der Waals surface area contributed by atoms with Gasteiger partial charge in [0.25, 0.3) is 0 Å². The number of amides is 1. The molecule has 0 aliphatic carbocycles. The van der Waals surface area contributed by atoms with E-state index in [4.69, 9.17) is 23.2 Å². The Bertz CT molecular complexity index is 930. The number of nitrogens with one attached hydrogen (secondary N) is 1. The number of carbonyl (C=O) groups is 1. The quantitative estimate of drug-likeness (QED) is 0.484. The Morgan fingerprint density at radius 3 is 2.07 bits per heavy atom. The van der Waals surface area contributed by atoms with E-state index in [1.807, 2.05) is 0 Å². The third kappa shape index (κ3) is 4.12. The van der Waals surface area contributed by atoms with Crippen molar-refractivity contribution in [3.05, 3.63) is 33.6 Å². The number of benzene rings is 1. The summed E-state index contributed by atoms with van der Waals surface area (Å²) in [6, 6.07) is 4.00. The van der Waals surface area contributed by atoms with Crippen LogP contribution in [0.15, 0.2) is 23.6 Å². The normalized spacial score (nSPS) is 13.5. The van der Waals surface area contributed by atoms with Gasteiger partial charge in [-0.3, -0.25) is 10.1 Å². The number of carbonyl (C=O) groups excluding carboxylic acids is 1. The van der Waals surface area contributed by atoms with E-state index < -0.39 is 35.0 Å². The van der Waals surface area contributed by atoms with Crippen molar-refractivity contribution < 1.29 is 44.3 Å². The number of alkyl halides is 9. The Morgan fingerprint density at radius 1 is 0.966 bits per heavy atom. The lowest BCUT2D eigenvalue weighted by Crippen LogP contribution is -2.64. The summed E-state index contributed by atoms with van der Waals surface area (Å²) < 4.78 is 116. The minimum Gasteiger partial charge on any atom is -0.296 e. The van der Waals surface area contributed by atoms with Gasteiger partial charge < -0.3 is 0 Å². The number of aromatic nitrogens is 1. The molecule has 0 bridgehead atoms. The number of hydrogen-bond donors (Lipinski definition) is 1. The number of anilines is 1. The highest BCUT2D eigenvalue weighted by Gasteiger charge is 2.83. The maximum atomic E-state index is 13.5. The molecule has 0 saturated carbocycles. The van der Waals surface area contributed by atoms with Crippen LogP contribution >= 0.6 is 34.5 Å². The van der Waals surface area contributed by atoms with Crippen LogP contribution in [0.1, 0.15) is 0 Å². The van der Waals surface area contributed by atoms with Gasteiger partial charge in [-0.05, 0) is 18.2 Å². The van der Waals surface area contributed by atoms with Gasteiger partial charge in [-0.25, -0.2) is 4.98 Å². The molecule has 0 saturated heterocycles. The minimum absolute atomic E-state index is 0.0392. The van der Waals surface area contributed by atoms with Crippen LogP contribution in [0.5, 0.6) is 0 Å². The third-order valence-electron chi connectivity index (χ3n) is 3.36. The standard InChI is InChI=1S/C14H5Cl2F9N2OS/c15-5-1-2-6(7(16)3-5)8-4-29-10(26-8)27-9(28)11(17,18)12(19,20)13(21,22)14(23,24)25/h1-4H,(H,26,27,28). The summed E-state index contributed by atoms with van der Waals surface area (Å²) in [5.41, 5.74) is 0.149. The predicted molar refractivity (Wildman–Crippen MR) is 87.1 cm³/mol. The average molecular weight is 491 g/mol. The zero-order valence-corrected chi connectivity index (χ0v) is 15.6. The SMILES string of the molecule is O=C(Nc1nc(-c2ccc(Cl)cc2Cl)cs1)C(F)(F)C(F)(F)C(F)(F)C(F)(F)F. The summed E-state index contributed by atoms with van der Waals surface area (Å²) in [5.74, 6) is -23.8. The van der Waals surface area contributed by atoms with Gasteiger partial charge in [0, 0.05) is 16.0 Å². The molecule has 1 heterocycles. The molecule has 2 aromatic rings. The molecule has 0 radical (unpaired) electrons. The van der Waals surface area contributed by atoms with Crippen molar-refractivity contribution in [2.75, 3.05) is 5.32 Å². The van der Waals surface area contributed by atoms with Gasteiger partial charge in [0.2, 0.25) is 0 Å². The summed E-state index contributed by atoms with van der Waals surface area (Å²) in [6.07, 6.45) is -7.03. The Morgan fingerprint density at radius 2 is 1.55 bits per heavy atom. The third-order valence-corrected chi connectivity index (χ3v) is 4.67. The van der Waals surface area contributed by atoms with Gasteiger partial charge >= 0.3 is 29.9 Å². The molecule has 29 heavy (non-hydrogen) atoms. The van der Waals surface area contributed by atoms with Crippen molar-refractivity contribution in [2.24, 2.45) is 0 Å². The van der Waals surface area contributed by atoms with Crippen molar-refractivity contribution in [1.29, 1.82) is 0 Å². The Kier molecular flexibility index (Phi) is 6.10. The molecule has 160 valence electrons. The van der Waals surface area contributed by atoms with Gasteiger partial charge in [-0.15, -0.1) is 11.3 Å². The summed E-state index contributed by atoms with van der Waals surface area (Å²) in [6.45, 7) is 0. The van der Waals surface area contributed by atoms with E-state index in [1.165, 1.54) is 18.2 Å². The molecule has 0 aliphatic heterocycles. The lowest BCUT2D eigenvalue weighted by atomic mass is 10.0. The van der Waals surface area contributed by atoms with E-state index in [-0.39, 0.29) is 21.3 Å². The highest BCUT2D eigenvalue weighted by atomic mass is 35.5. The maximum absolute atomic E-state index is 13.5. The molecule has 3 nitrogen and oxygen atoms in total. The number of rotatable bonds is 5. The molecule has 0 atom stereocenters. The van der Waals surface area contributed by atoms with Crippen LogP contribution in [0.4, 0.5) is 44.6 Å². The second kappa shape index (κ2) is 7.51. The fourth-order valence-corrected chi connectivity index (χ4v) is 3.06. The molecule has 2 rings (SSSR count). The van der Waals surface area contributed by atoms with Crippen molar-refractivity contribution in [2.45, 2.75) is 23.9 Å². The Hall–Kier alpha value is -1.73. The smallest absolute Gasteiger partial charge is 0.296 e. The van der Waals surface area contributed by atoms with Crippen LogP contribution in [-0.2, 0) is 4.79 Å². The number of hydrogen-bond acceptors (Lipinski definition) is 3. The van der Waals surface area contributed by atoms with Crippen LogP contribution in [0.2, 0.25) is 10.0 Å². The second-order valence-electron chi connectivity index (χ2n) is 5.34. The van der Waals surface area contributed by atoms with E-state index >= 15 is 0 Å². The van der Waals surface area contributed by atoms with E-state index in [0.717, 1.165) is 10.7 Å². The van der Waals surface area contributed by atoms with Gasteiger partial charge in [0.15, 0.2) is 5.13 Å². The molecule has 1 aromatic carbocycles. The molecule has 0 spiro atoms. The molecule has 1 amide bonds. The molecular weight excluding hydrogens is 486 g/mol. The first-order valence-corrected chi connectivity index (χ1v) is 8.58. The molecule has 1 N–H and O–H groups in total.